The van der Waals surface area contributed by atoms with Crippen LogP contribution >= 0.6 is 11.8 Å². The van der Waals surface area contributed by atoms with E-state index in [4.69, 9.17) is 18.9 Å². The molecular weight excluding hydrogens is 498 g/mol. The molecule has 3 aromatic rings. The van der Waals surface area contributed by atoms with Gasteiger partial charge in [0.1, 0.15) is 0 Å². The lowest BCUT2D eigenvalue weighted by Crippen LogP contribution is -2.41. The summed E-state index contributed by atoms with van der Waals surface area (Å²) in [6, 6.07) is 16.1. The number of benzene rings is 3. The van der Waals surface area contributed by atoms with Crippen LogP contribution in [0.15, 0.2) is 64.4 Å². The van der Waals surface area contributed by atoms with E-state index in [-0.39, 0.29) is 4.90 Å². The molecule has 1 aliphatic rings. The predicted octanol–water partition coefficient (Wildman–Crippen LogP) is 4.97. The topological polar surface area (TPSA) is 74.3 Å². The van der Waals surface area contributed by atoms with Crippen LogP contribution in [0.4, 0.5) is 0 Å². The minimum absolute atomic E-state index is 0.279. The van der Waals surface area contributed by atoms with Crippen molar-refractivity contribution in [3.8, 4) is 23.0 Å². The van der Waals surface area contributed by atoms with Crippen molar-refractivity contribution in [3.05, 3.63) is 71.3 Å². The van der Waals surface area contributed by atoms with Gasteiger partial charge in [-0.05, 0) is 84.3 Å². The first-order valence-electron chi connectivity index (χ1n) is 11.5. The summed E-state index contributed by atoms with van der Waals surface area (Å²) in [4.78, 5) is 1.29. The third kappa shape index (κ3) is 5.00. The highest BCUT2D eigenvalue weighted by molar-refractivity contribution is 7.98. The number of methoxy groups -OCH3 is 4. The molecule has 1 unspecified atom stereocenters. The van der Waals surface area contributed by atoms with Crippen molar-refractivity contribution in [3.63, 3.8) is 0 Å². The number of ether oxygens (including phenoxy) is 4. The molecule has 36 heavy (non-hydrogen) atoms. The van der Waals surface area contributed by atoms with Gasteiger partial charge in [0.15, 0.2) is 23.0 Å². The Morgan fingerprint density at radius 2 is 1.44 bits per heavy atom. The molecule has 0 bridgehead atoms. The van der Waals surface area contributed by atoms with Gasteiger partial charge in [0, 0.05) is 11.4 Å². The zero-order valence-corrected chi connectivity index (χ0v) is 22.7. The average Bonchev–Trinajstić information content (AvgIpc) is 2.92. The van der Waals surface area contributed by atoms with Crippen LogP contribution in [0.25, 0.3) is 0 Å². The molecule has 0 saturated carbocycles. The molecule has 0 radical (unpaired) electrons. The fourth-order valence-electron chi connectivity index (χ4n) is 4.62. The number of thioether (sulfide) groups is 1. The molecule has 0 amide bonds. The summed E-state index contributed by atoms with van der Waals surface area (Å²) in [5.41, 5.74) is 2.87. The second kappa shape index (κ2) is 11.0. The molecule has 192 valence electrons. The van der Waals surface area contributed by atoms with Gasteiger partial charge in [0.2, 0.25) is 10.0 Å². The van der Waals surface area contributed by atoms with Crippen molar-refractivity contribution < 1.29 is 27.4 Å². The molecule has 0 aromatic heterocycles. The smallest absolute Gasteiger partial charge is 0.243 e. The van der Waals surface area contributed by atoms with Gasteiger partial charge in [-0.2, -0.15) is 4.31 Å². The number of rotatable bonds is 9. The highest BCUT2D eigenvalue weighted by Crippen LogP contribution is 2.42. The first-order chi connectivity index (χ1) is 17.4. The van der Waals surface area contributed by atoms with Crippen molar-refractivity contribution >= 4 is 21.8 Å². The highest BCUT2D eigenvalue weighted by atomic mass is 32.2. The van der Waals surface area contributed by atoms with Gasteiger partial charge in [-0.25, -0.2) is 8.42 Å². The minimum atomic E-state index is -3.77. The molecular formula is C27H31NO6S2. The lowest BCUT2D eigenvalue weighted by atomic mass is 9.89. The summed E-state index contributed by atoms with van der Waals surface area (Å²) in [5.74, 6) is 2.41. The van der Waals surface area contributed by atoms with E-state index in [9.17, 15) is 8.42 Å². The maximum absolute atomic E-state index is 13.9. The summed E-state index contributed by atoms with van der Waals surface area (Å²) in [6.07, 6.45) is 2.98. The van der Waals surface area contributed by atoms with Crippen molar-refractivity contribution in [1.82, 2.24) is 4.31 Å². The van der Waals surface area contributed by atoms with Crippen LogP contribution < -0.4 is 18.9 Å². The Morgan fingerprint density at radius 3 is 2.06 bits per heavy atom. The Balaban J connectivity index is 1.82. The van der Waals surface area contributed by atoms with Gasteiger partial charge >= 0.3 is 0 Å². The molecule has 0 spiro atoms. The lowest BCUT2D eigenvalue weighted by molar-refractivity contribution is 0.300. The Bertz CT molecular complexity index is 1320. The molecule has 7 nitrogen and oxygen atoms in total. The summed E-state index contributed by atoms with van der Waals surface area (Å²) < 4.78 is 51.4. The highest BCUT2D eigenvalue weighted by Gasteiger charge is 2.37. The summed E-state index contributed by atoms with van der Waals surface area (Å²) in [6.45, 7) is 0.354. The molecule has 0 aliphatic carbocycles. The van der Waals surface area contributed by atoms with Crippen molar-refractivity contribution in [1.29, 1.82) is 0 Å². The predicted molar refractivity (Wildman–Crippen MR) is 141 cm³/mol. The average molecular weight is 530 g/mol. The largest absolute Gasteiger partial charge is 0.493 e. The molecule has 1 aliphatic heterocycles. The maximum atomic E-state index is 13.9. The first-order valence-corrected chi connectivity index (χ1v) is 14.1. The SMILES string of the molecule is COc1ccc(CC2c3cc(OC)c(OC)cc3CCN2S(=O)(=O)c2ccc(SC)cc2)cc1OC. The minimum Gasteiger partial charge on any atom is -0.493 e. The molecule has 0 fully saturated rings. The van der Waals surface area contributed by atoms with Gasteiger partial charge in [-0.15, -0.1) is 11.8 Å². The van der Waals surface area contributed by atoms with E-state index in [0.29, 0.717) is 42.4 Å². The van der Waals surface area contributed by atoms with Crippen LogP contribution in [0, 0.1) is 0 Å². The Hall–Kier alpha value is -2.88. The molecule has 3 aromatic carbocycles. The van der Waals surface area contributed by atoms with Crippen LogP contribution in [0.5, 0.6) is 23.0 Å². The van der Waals surface area contributed by atoms with Crippen LogP contribution in [-0.4, -0.2) is 54.0 Å². The third-order valence-corrected chi connectivity index (χ3v) is 9.16. The summed E-state index contributed by atoms with van der Waals surface area (Å²) in [7, 11) is 2.59. The summed E-state index contributed by atoms with van der Waals surface area (Å²) in [5, 5.41) is 0. The molecule has 0 N–H and O–H groups in total. The molecule has 1 heterocycles. The molecule has 1 atom stereocenters. The monoisotopic (exact) mass is 529 g/mol. The summed E-state index contributed by atoms with van der Waals surface area (Å²) >= 11 is 1.57. The van der Waals surface area contributed by atoms with Crippen LogP contribution in [-0.2, 0) is 22.9 Å². The van der Waals surface area contributed by atoms with E-state index < -0.39 is 16.1 Å². The fourth-order valence-corrected chi connectivity index (χ4v) is 6.63. The molecule has 0 saturated heterocycles. The second-order valence-electron chi connectivity index (χ2n) is 8.36. The van der Waals surface area contributed by atoms with Crippen molar-refractivity contribution in [2.75, 3.05) is 41.2 Å². The van der Waals surface area contributed by atoms with Crippen LogP contribution in [0.3, 0.4) is 0 Å². The van der Waals surface area contributed by atoms with Gasteiger partial charge in [0.05, 0.1) is 39.4 Å². The number of nitrogens with zero attached hydrogens (tertiary/aromatic N) is 1. The third-order valence-electron chi connectivity index (χ3n) is 6.50. The van der Waals surface area contributed by atoms with Gasteiger partial charge in [0.25, 0.3) is 0 Å². The zero-order chi connectivity index (χ0) is 25.9. The van der Waals surface area contributed by atoms with Crippen LogP contribution in [0.1, 0.15) is 22.7 Å². The quantitative estimate of drug-likeness (QED) is 0.362. The Labute approximate surface area is 217 Å². The normalized spacial score (nSPS) is 15.8. The number of hydrogen-bond donors (Lipinski definition) is 0. The Kier molecular flexibility index (Phi) is 8.02. The van der Waals surface area contributed by atoms with Gasteiger partial charge in [-0.3, -0.25) is 0 Å². The number of fused-ring (bicyclic) bond motifs is 1. The van der Waals surface area contributed by atoms with Crippen LogP contribution in [0.2, 0.25) is 0 Å². The zero-order valence-electron chi connectivity index (χ0n) is 21.1. The van der Waals surface area contributed by atoms with E-state index in [1.165, 1.54) is 0 Å². The van der Waals surface area contributed by atoms with E-state index in [1.807, 2.05) is 48.7 Å². The standard InChI is InChI=1S/C27H31NO6S2/c1-31-24-11-6-18(15-25(24)32-2)14-23-22-17-27(34-4)26(33-3)16-19(22)12-13-28(23)36(29,30)21-9-7-20(35-5)8-10-21/h6-11,15-17,23H,12-14H2,1-5H3. The maximum Gasteiger partial charge on any atom is 0.243 e. The second-order valence-corrected chi connectivity index (χ2v) is 11.1. The Morgan fingerprint density at radius 1 is 0.833 bits per heavy atom. The fraction of sp³-hybridized carbons (Fsp3) is 0.333. The van der Waals surface area contributed by atoms with E-state index in [0.717, 1.165) is 21.6 Å². The van der Waals surface area contributed by atoms with E-state index >= 15 is 0 Å². The van der Waals surface area contributed by atoms with Crippen molar-refractivity contribution in [2.24, 2.45) is 0 Å². The van der Waals surface area contributed by atoms with Gasteiger partial charge in [-0.1, -0.05) is 6.07 Å². The van der Waals surface area contributed by atoms with E-state index in [1.54, 1.807) is 56.6 Å². The molecule has 4 rings (SSSR count). The molecule has 9 heteroatoms. The first kappa shape index (κ1) is 26.2. The van der Waals surface area contributed by atoms with Crippen molar-refractivity contribution in [2.45, 2.75) is 28.7 Å². The lowest BCUT2D eigenvalue weighted by Gasteiger charge is -2.37. The van der Waals surface area contributed by atoms with Gasteiger partial charge < -0.3 is 18.9 Å². The number of sulfonamides is 1. The number of hydrogen-bond acceptors (Lipinski definition) is 7. The van der Waals surface area contributed by atoms with E-state index in [2.05, 4.69) is 0 Å².